The third-order valence-electron chi connectivity index (χ3n) is 4.48. The maximum Gasteiger partial charge on any atom is 0.287 e. The van der Waals surface area contributed by atoms with E-state index in [-0.39, 0.29) is 5.91 Å². The number of aromatic nitrogens is 2. The first kappa shape index (κ1) is 15.2. The Labute approximate surface area is 145 Å². The van der Waals surface area contributed by atoms with Crippen molar-refractivity contribution in [3.63, 3.8) is 0 Å². The van der Waals surface area contributed by atoms with Crippen LogP contribution in [0.1, 0.15) is 16.1 Å². The van der Waals surface area contributed by atoms with E-state index in [9.17, 15) is 4.79 Å². The molecule has 0 saturated carbocycles. The number of aryl methyl sites for hydroxylation is 2. The van der Waals surface area contributed by atoms with Crippen molar-refractivity contribution in [3.8, 4) is 0 Å². The molecule has 0 atom stereocenters. The zero-order valence-electron chi connectivity index (χ0n) is 14.1. The van der Waals surface area contributed by atoms with Crippen molar-refractivity contribution < 1.29 is 4.79 Å². The Kier molecular flexibility index (Phi) is 3.61. The second-order valence-corrected chi connectivity index (χ2v) is 6.06. The van der Waals surface area contributed by atoms with E-state index < -0.39 is 0 Å². The van der Waals surface area contributed by atoms with E-state index in [0.717, 1.165) is 27.4 Å². The van der Waals surface area contributed by atoms with Crippen molar-refractivity contribution in [2.24, 2.45) is 19.2 Å². The molecule has 5 heteroatoms. The van der Waals surface area contributed by atoms with Crippen molar-refractivity contribution in [2.75, 3.05) is 0 Å². The Morgan fingerprint density at radius 3 is 2.56 bits per heavy atom. The highest BCUT2D eigenvalue weighted by Crippen LogP contribution is 2.19. The second-order valence-electron chi connectivity index (χ2n) is 6.06. The van der Waals surface area contributed by atoms with Crippen LogP contribution in [0.2, 0.25) is 0 Å². The number of carbonyl (C=O) groups is 1. The van der Waals surface area contributed by atoms with Gasteiger partial charge in [0.2, 0.25) is 0 Å². The number of benzene rings is 2. The summed E-state index contributed by atoms with van der Waals surface area (Å²) in [6.07, 6.45) is 3.68. The van der Waals surface area contributed by atoms with Crippen molar-refractivity contribution in [3.05, 3.63) is 72.1 Å². The average Bonchev–Trinajstić information content (AvgIpc) is 3.14. The van der Waals surface area contributed by atoms with E-state index in [1.54, 1.807) is 6.21 Å². The molecule has 2 heterocycles. The normalized spacial score (nSPS) is 11.6. The topological polar surface area (TPSA) is 51.3 Å². The Bertz CT molecular complexity index is 1120. The average molecular weight is 330 g/mol. The maximum atomic E-state index is 12.4. The van der Waals surface area contributed by atoms with E-state index in [1.165, 1.54) is 0 Å². The van der Waals surface area contributed by atoms with Crippen LogP contribution in [0.4, 0.5) is 0 Å². The largest absolute Gasteiger partial charge is 0.350 e. The van der Waals surface area contributed by atoms with Gasteiger partial charge in [-0.2, -0.15) is 5.10 Å². The minimum atomic E-state index is -0.227. The van der Waals surface area contributed by atoms with Gasteiger partial charge in [-0.3, -0.25) is 4.79 Å². The molecule has 124 valence electrons. The number of fused-ring (bicyclic) bond motifs is 2. The number of para-hydroxylation sites is 2. The molecule has 25 heavy (non-hydrogen) atoms. The molecule has 2 aromatic carbocycles. The maximum absolute atomic E-state index is 12.4. The minimum Gasteiger partial charge on any atom is -0.350 e. The lowest BCUT2D eigenvalue weighted by molar-refractivity contribution is 0.0947. The third kappa shape index (κ3) is 2.59. The number of hydrazone groups is 1. The Morgan fingerprint density at radius 2 is 1.76 bits per heavy atom. The summed E-state index contributed by atoms with van der Waals surface area (Å²) in [5, 5.41) is 6.28. The SMILES string of the molecule is Cn1cc(/C=N/NC(=O)c2cc3ccccc3n2C)c2ccccc21. The van der Waals surface area contributed by atoms with Gasteiger partial charge < -0.3 is 9.13 Å². The van der Waals surface area contributed by atoms with Gasteiger partial charge in [0.05, 0.1) is 6.21 Å². The van der Waals surface area contributed by atoms with Crippen LogP contribution in [0.5, 0.6) is 0 Å². The molecule has 0 unspecified atom stereocenters. The summed E-state index contributed by atoms with van der Waals surface area (Å²) < 4.78 is 3.92. The molecule has 0 bridgehead atoms. The van der Waals surface area contributed by atoms with Gasteiger partial charge in [0, 0.05) is 47.7 Å². The quantitative estimate of drug-likeness (QED) is 0.454. The summed E-state index contributed by atoms with van der Waals surface area (Å²) in [5.74, 6) is -0.227. The van der Waals surface area contributed by atoms with Crippen molar-refractivity contribution in [1.29, 1.82) is 0 Å². The molecule has 4 rings (SSSR count). The van der Waals surface area contributed by atoms with E-state index in [1.807, 2.05) is 78.0 Å². The molecule has 0 spiro atoms. The summed E-state index contributed by atoms with van der Waals surface area (Å²) in [7, 11) is 3.87. The summed E-state index contributed by atoms with van der Waals surface area (Å²) in [4.78, 5) is 12.4. The van der Waals surface area contributed by atoms with Crippen LogP contribution in [0, 0.1) is 0 Å². The van der Waals surface area contributed by atoms with E-state index in [4.69, 9.17) is 0 Å². The molecular formula is C20H18N4O. The summed E-state index contributed by atoms with van der Waals surface area (Å²) >= 11 is 0. The number of nitrogens with one attached hydrogen (secondary N) is 1. The van der Waals surface area contributed by atoms with Gasteiger partial charge in [0.1, 0.15) is 5.69 Å². The van der Waals surface area contributed by atoms with Crippen LogP contribution in [-0.4, -0.2) is 21.3 Å². The van der Waals surface area contributed by atoms with E-state index >= 15 is 0 Å². The van der Waals surface area contributed by atoms with Crippen LogP contribution in [0.15, 0.2) is 65.9 Å². The van der Waals surface area contributed by atoms with Crippen molar-refractivity contribution in [2.45, 2.75) is 0 Å². The summed E-state index contributed by atoms with van der Waals surface area (Å²) in [6.45, 7) is 0. The first-order valence-corrected chi connectivity index (χ1v) is 8.07. The fourth-order valence-electron chi connectivity index (χ4n) is 3.20. The number of hydrogen-bond donors (Lipinski definition) is 1. The smallest absolute Gasteiger partial charge is 0.287 e. The Morgan fingerprint density at radius 1 is 1.04 bits per heavy atom. The molecule has 5 nitrogen and oxygen atoms in total. The van der Waals surface area contributed by atoms with Gasteiger partial charge in [0.25, 0.3) is 5.91 Å². The molecule has 0 aliphatic carbocycles. The first-order valence-electron chi connectivity index (χ1n) is 8.07. The van der Waals surface area contributed by atoms with Gasteiger partial charge >= 0.3 is 0 Å². The fourth-order valence-corrected chi connectivity index (χ4v) is 3.20. The zero-order valence-corrected chi connectivity index (χ0v) is 14.1. The van der Waals surface area contributed by atoms with Gasteiger partial charge in [-0.05, 0) is 18.2 Å². The van der Waals surface area contributed by atoms with Gasteiger partial charge in [-0.15, -0.1) is 0 Å². The van der Waals surface area contributed by atoms with E-state index in [2.05, 4.69) is 16.6 Å². The molecular weight excluding hydrogens is 312 g/mol. The standard InChI is InChI=1S/C20H18N4O/c1-23-13-15(16-8-4-6-10-18(16)23)12-21-22-20(25)19-11-14-7-3-5-9-17(14)24(19)2/h3-13H,1-2H3,(H,22,25)/b21-12+. The highest BCUT2D eigenvalue weighted by atomic mass is 16.2. The Hall–Kier alpha value is -3.34. The van der Waals surface area contributed by atoms with Crippen LogP contribution in [0.25, 0.3) is 21.8 Å². The summed E-state index contributed by atoms with van der Waals surface area (Å²) in [5.41, 5.74) is 6.32. The zero-order chi connectivity index (χ0) is 17.4. The van der Waals surface area contributed by atoms with Crippen molar-refractivity contribution >= 4 is 33.9 Å². The van der Waals surface area contributed by atoms with Gasteiger partial charge in [0.15, 0.2) is 0 Å². The lowest BCUT2D eigenvalue weighted by atomic mass is 10.2. The summed E-state index contributed by atoms with van der Waals surface area (Å²) in [6, 6.07) is 17.9. The predicted molar refractivity (Wildman–Crippen MR) is 101 cm³/mol. The molecule has 1 amide bonds. The van der Waals surface area contributed by atoms with Crippen LogP contribution in [-0.2, 0) is 14.1 Å². The molecule has 0 saturated heterocycles. The molecule has 0 aliphatic rings. The van der Waals surface area contributed by atoms with Crippen LogP contribution in [0.3, 0.4) is 0 Å². The minimum absolute atomic E-state index is 0.227. The van der Waals surface area contributed by atoms with Crippen LogP contribution >= 0.6 is 0 Å². The third-order valence-corrected chi connectivity index (χ3v) is 4.48. The molecule has 0 fully saturated rings. The second kappa shape index (κ2) is 5.94. The first-order chi connectivity index (χ1) is 12.1. The number of nitrogens with zero attached hydrogens (tertiary/aromatic N) is 3. The molecule has 0 radical (unpaired) electrons. The lowest BCUT2D eigenvalue weighted by Crippen LogP contribution is -2.20. The molecule has 4 aromatic rings. The molecule has 1 N–H and O–H groups in total. The van der Waals surface area contributed by atoms with Crippen molar-refractivity contribution in [1.82, 2.24) is 14.6 Å². The molecule has 2 aromatic heterocycles. The van der Waals surface area contributed by atoms with Crippen LogP contribution < -0.4 is 5.43 Å². The van der Waals surface area contributed by atoms with Gasteiger partial charge in [-0.1, -0.05) is 36.4 Å². The van der Waals surface area contributed by atoms with Gasteiger partial charge in [-0.25, -0.2) is 5.43 Å². The fraction of sp³-hybridized carbons (Fsp3) is 0.100. The lowest BCUT2D eigenvalue weighted by Gasteiger charge is -2.02. The number of rotatable bonds is 3. The molecule has 0 aliphatic heterocycles. The number of carbonyl (C=O) groups excluding carboxylic acids is 1. The van der Waals surface area contributed by atoms with E-state index in [0.29, 0.717) is 5.69 Å². The number of hydrogen-bond acceptors (Lipinski definition) is 2. The Balaban J connectivity index is 1.58. The highest BCUT2D eigenvalue weighted by molar-refractivity contribution is 6.01. The monoisotopic (exact) mass is 330 g/mol. The predicted octanol–water partition coefficient (Wildman–Crippen LogP) is 3.43. The highest BCUT2D eigenvalue weighted by Gasteiger charge is 2.12. The number of amides is 1.